The third kappa shape index (κ3) is 2.90. The van der Waals surface area contributed by atoms with Gasteiger partial charge in [0, 0.05) is 6.54 Å². The fourth-order valence-corrected chi connectivity index (χ4v) is 3.69. The van der Waals surface area contributed by atoms with Crippen molar-refractivity contribution in [3.05, 3.63) is 11.5 Å². The van der Waals surface area contributed by atoms with Gasteiger partial charge in [0.05, 0.1) is 0 Å². The summed E-state index contributed by atoms with van der Waals surface area (Å²) < 4.78 is 31.9. The average Bonchev–Trinajstić information content (AvgIpc) is 2.69. The van der Waals surface area contributed by atoms with Gasteiger partial charge in [0.15, 0.2) is 5.76 Å². The number of hydrogen-bond acceptors (Lipinski definition) is 5. The van der Waals surface area contributed by atoms with Gasteiger partial charge in [-0.1, -0.05) is 5.16 Å². The first-order valence-corrected chi connectivity index (χ1v) is 7.62. The van der Waals surface area contributed by atoms with Crippen molar-refractivity contribution in [3.63, 3.8) is 0 Å². The van der Waals surface area contributed by atoms with E-state index < -0.39 is 10.0 Å². The van der Waals surface area contributed by atoms with Crippen LogP contribution in [0.2, 0.25) is 0 Å². The molecule has 18 heavy (non-hydrogen) atoms. The molecule has 0 unspecified atom stereocenters. The molecule has 2 rings (SSSR count). The maximum Gasteiger partial charge on any atom is 0.245 e. The number of piperidine rings is 1. The molecule has 7 heteroatoms. The summed E-state index contributed by atoms with van der Waals surface area (Å²) in [5.74, 6) is 0.742. The number of sulfonamides is 1. The first-order valence-electron chi connectivity index (χ1n) is 6.14. The highest BCUT2D eigenvalue weighted by atomic mass is 32.2. The molecule has 0 bridgehead atoms. The maximum absolute atomic E-state index is 12.2. The number of nitrogens with one attached hydrogen (secondary N) is 2. The molecular weight excluding hydrogens is 254 g/mol. The molecular formula is C11H19N3O3S. The van der Waals surface area contributed by atoms with Crippen LogP contribution in [-0.4, -0.2) is 33.2 Å². The Morgan fingerprint density at radius 1 is 1.39 bits per heavy atom. The van der Waals surface area contributed by atoms with Crippen LogP contribution < -0.4 is 10.0 Å². The van der Waals surface area contributed by atoms with Crippen LogP contribution in [0, 0.1) is 19.8 Å². The lowest BCUT2D eigenvalue weighted by Gasteiger charge is -2.22. The van der Waals surface area contributed by atoms with E-state index >= 15 is 0 Å². The van der Waals surface area contributed by atoms with E-state index in [4.69, 9.17) is 4.52 Å². The van der Waals surface area contributed by atoms with E-state index in [0.29, 0.717) is 23.9 Å². The van der Waals surface area contributed by atoms with Crippen LogP contribution in [0.1, 0.15) is 24.3 Å². The molecule has 102 valence electrons. The second-order valence-corrected chi connectivity index (χ2v) is 6.40. The molecule has 2 N–H and O–H groups in total. The lowest BCUT2D eigenvalue weighted by Crippen LogP contribution is -2.36. The molecule has 0 aliphatic carbocycles. The van der Waals surface area contributed by atoms with Gasteiger partial charge in [-0.15, -0.1) is 0 Å². The summed E-state index contributed by atoms with van der Waals surface area (Å²) in [6.07, 6.45) is 2.01. The highest BCUT2D eigenvalue weighted by Crippen LogP contribution is 2.19. The fourth-order valence-electron chi connectivity index (χ4n) is 2.24. The number of aromatic nitrogens is 1. The van der Waals surface area contributed by atoms with Gasteiger partial charge in [-0.3, -0.25) is 0 Å². The minimum atomic E-state index is -3.50. The highest BCUT2D eigenvalue weighted by molar-refractivity contribution is 7.89. The van der Waals surface area contributed by atoms with E-state index in [-0.39, 0.29) is 4.90 Å². The minimum Gasteiger partial charge on any atom is -0.360 e. The molecule has 1 aliphatic heterocycles. The van der Waals surface area contributed by atoms with Gasteiger partial charge in [0.2, 0.25) is 10.0 Å². The third-order valence-corrected chi connectivity index (χ3v) is 4.92. The first kappa shape index (κ1) is 13.5. The Hall–Kier alpha value is -0.920. The minimum absolute atomic E-state index is 0.177. The zero-order valence-corrected chi connectivity index (χ0v) is 11.5. The van der Waals surface area contributed by atoms with Crippen LogP contribution in [0.3, 0.4) is 0 Å². The van der Waals surface area contributed by atoms with Crippen molar-refractivity contribution >= 4 is 10.0 Å². The Morgan fingerprint density at radius 2 is 2.06 bits per heavy atom. The van der Waals surface area contributed by atoms with Crippen molar-refractivity contribution in [1.82, 2.24) is 15.2 Å². The lowest BCUT2D eigenvalue weighted by molar-refractivity contribution is 0.372. The van der Waals surface area contributed by atoms with Crippen LogP contribution in [0.4, 0.5) is 0 Å². The Balaban J connectivity index is 2.03. The standard InChI is InChI=1S/C11H19N3O3S/c1-8-11(9(2)17-14-8)18(15,16)13-7-10-3-5-12-6-4-10/h10,12-13H,3-7H2,1-2H3. The number of rotatable bonds is 4. The van der Waals surface area contributed by atoms with Crippen LogP contribution in [-0.2, 0) is 10.0 Å². The topological polar surface area (TPSA) is 84.2 Å². The summed E-state index contributed by atoms with van der Waals surface area (Å²) in [5.41, 5.74) is 0.408. The Bertz CT molecular complexity index is 484. The van der Waals surface area contributed by atoms with E-state index in [1.807, 2.05) is 0 Å². The van der Waals surface area contributed by atoms with E-state index in [1.54, 1.807) is 13.8 Å². The quantitative estimate of drug-likeness (QED) is 0.838. The fraction of sp³-hybridized carbons (Fsp3) is 0.727. The molecule has 0 amide bonds. The summed E-state index contributed by atoms with van der Waals surface area (Å²) in [6.45, 7) is 5.64. The van der Waals surface area contributed by atoms with E-state index in [1.165, 1.54) is 0 Å². The molecule has 1 aromatic rings. The molecule has 1 aromatic heterocycles. The Morgan fingerprint density at radius 3 is 2.61 bits per heavy atom. The lowest BCUT2D eigenvalue weighted by atomic mass is 9.99. The maximum atomic E-state index is 12.2. The predicted octanol–water partition coefficient (Wildman–Crippen LogP) is 0.569. The molecule has 0 atom stereocenters. The highest BCUT2D eigenvalue weighted by Gasteiger charge is 2.25. The zero-order chi connectivity index (χ0) is 13.2. The van der Waals surface area contributed by atoms with Gasteiger partial charge in [0.25, 0.3) is 0 Å². The van der Waals surface area contributed by atoms with E-state index in [0.717, 1.165) is 25.9 Å². The summed E-state index contributed by atoms with van der Waals surface area (Å²) in [6, 6.07) is 0. The van der Waals surface area contributed by atoms with Crippen molar-refractivity contribution < 1.29 is 12.9 Å². The van der Waals surface area contributed by atoms with Crippen LogP contribution in [0.5, 0.6) is 0 Å². The number of nitrogens with zero attached hydrogens (tertiary/aromatic N) is 1. The first-order chi connectivity index (χ1) is 8.50. The van der Waals surface area contributed by atoms with Crippen LogP contribution >= 0.6 is 0 Å². The van der Waals surface area contributed by atoms with Gasteiger partial charge < -0.3 is 9.84 Å². The van der Waals surface area contributed by atoms with Gasteiger partial charge in [0.1, 0.15) is 10.6 Å². The van der Waals surface area contributed by atoms with Crippen molar-refractivity contribution in [1.29, 1.82) is 0 Å². The third-order valence-electron chi connectivity index (χ3n) is 3.26. The molecule has 2 heterocycles. The summed E-state index contributed by atoms with van der Waals surface area (Å²) in [4.78, 5) is 0.177. The second-order valence-electron chi connectivity index (χ2n) is 4.70. The van der Waals surface area contributed by atoms with Crippen LogP contribution in [0.25, 0.3) is 0 Å². The smallest absolute Gasteiger partial charge is 0.245 e. The molecule has 0 radical (unpaired) electrons. The SMILES string of the molecule is Cc1noc(C)c1S(=O)(=O)NCC1CCNCC1. The average molecular weight is 273 g/mol. The van der Waals surface area contributed by atoms with Crippen molar-refractivity contribution in [2.24, 2.45) is 5.92 Å². The number of aryl methyl sites for hydroxylation is 2. The molecule has 1 fully saturated rings. The largest absolute Gasteiger partial charge is 0.360 e. The molecule has 0 spiro atoms. The predicted molar refractivity (Wildman–Crippen MR) is 66.8 cm³/mol. The summed E-state index contributed by atoms with van der Waals surface area (Å²) in [5, 5.41) is 6.93. The Labute approximate surface area is 107 Å². The molecule has 1 aliphatic rings. The van der Waals surface area contributed by atoms with Gasteiger partial charge in [-0.05, 0) is 45.7 Å². The van der Waals surface area contributed by atoms with Crippen molar-refractivity contribution in [2.75, 3.05) is 19.6 Å². The van der Waals surface area contributed by atoms with E-state index in [9.17, 15) is 8.42 Å². The van der Waals surface area contributed by atoms with E-state index in [2.05, 4.69) is 15.2 Å². The monoisotopic (exact) mass is 273 g/mol. The van der Waals surface area contributed by atoms with Crippen molar-refractivity contribution in [2.45, 2.75) is 31.6 Å². The van der Waals surface area contributed by atoms with Gasteiger partial charge >= 0.3 is 0 Å². The molecule has 0 saturated carbocycles. The Kier molecular flexibility index (Phi) is 4.04. The summed E-state index contributed by atoms with van der Waals surface area (Å²) >= 11 is 0. The molecule has 0 aromatic carbocycles. The zero-order valence-electron chi connectivity index (χ0n) is 10.7. The van der Waals surface area contributed by atoms with Gasteiger partial charge in [-0.2, -0.15) is 0 Å². The van der Waals surface area contributed by atoms with Crippen molar-refractivity contribution in [3.8, 4) is 0 Å². The second kappa shape index (κ2) is 5.38. The number of hydrogen-bond donors (Lipinski definition) is 2. The summed E-state index contributed by atoms with van der Waals surface area (Å²) in [7, 11) is -3.50. The normalized spacial score (nSPS) is 18.1. The molecule has 1 saturated heterocycles. The van der Waals surface area contributed by atoms with Gasteiger partial charge in [-0.25, -0.2) is 13.1 Å². The molecule has 6 nitrogen and oxygen atoms in total. The van der Waals surface area contributed by atoms with Crippen LogP contribution in [0.15, 0.2) is 9.42 Å².